The van der Waals surface area contributed by atoms with Crippen LogP contribution in [0.5, 0.6) is 0 Å². The van der Waals surface area contributed by atoms with Crippen molar-refractivity contribution in [2.24, 2.45) is 0 Å². The van der Waals surface area contributed by atoms with Crippen molar-refractivity contribution in [1.82, 2.24) is 15.2 Å². The zero-order valence-corrected chi connectivity index (χ0v) is 9.98. The second-order valence-corrected chi connectivity index (χ2v) is 5.03. The molecule has 1 saturated heterocycles. The zero-order chi connectivity index (χ0) is 11.7. The lowest BCUT2D eigenvalue weighted by Crippen LogP contribution is -2.43. The molecule has 92 valence electrons. The van der Waals surface area contributed by atoms with Crippen LogP contribution < -0.4 is 10.6 Å². The van der Waals surface area contributed by atoms with Gasteiger partial charge in [-0.2, -0.15) is 0 Å². The molecular weight excluding hydrogens is 214 g/mol. The molecule has 1 aromatic rings. The van der Waals surface area contributed by atoms with Gasteiger partial charge in [0.2, 0.25) is 0 Å². The third kappa shape index (κ3) is 2.36. The molecule has 17 heavy (non-hydrogen) atoms. The fourth-order valence-electron chi connectivity index (χ4n) is 2.48. The van der Waals surface area contributed by atoms with E-state index in [2.05, 4.69) is 15.2 Å². The molecule has 2 fully saturated rings. The Balaban J connectivity index is 1.66. The second kappa shape index (κ2) is 4.53. The van der Waals surface area contributed by atoms with Crippen molar-refractivity contribution in [3.8, 4) is 0 Å². The van der Waals surface area contributed by atoms with Crippen LogP contribution in [0.25, 0.3) is 0 Å². The van der Waals surface area contributed by atoms with Crippen LogP contribution in [-0.2, 0) is 0 Å². The number of aromatic nitrogens is 1. The number of hydrogen-bond acceptors (Lipinski definition) is 2. The van der Waals surface area contributed by atoms with E-state index < -0.39 is 0 Å². The predicted octanol–water partition coefficient (Wildman–Crippen LogP) is 1.30. The Bertz CT molecular complexity index is 403. The van der Waals surface area contributed by atoms with Gasteiger partial charge in [0.25, 0.3) is 5.91 Å². The summed E-state index contributed by atoms with van der Waals surface area (Å²) in [4.78, 5) is 12.2. The van der Waals surface area contributed by atoms with E-state index in [1.807, 2.05) is 18.3 Å². The molecule has 0 radical (unpaired) electrons. The Morgan fingerprint density at radius 3 is 2.76 bits per heavy atom. The Kier molecular flexibility index (Phi) is 2.89. The molecule has 4 nitrogen and oxygen atoms in total. The summed E-state index contributed by atoms with van der Waals surface area (Å²) in [5.41, 5.74) is 0.825. The summed E-state index contributed by atoms with van der Waals surface area (Å²) in [7, 11) is 0. The first-order valence-corrected chi connectivity index (χ1v) is 6.53. The lowest BCUT2D eigenvalue weighted by atomic mass is 10.1. The van der Waals surface area contributed by atoms with E-state index in [0.717, 1.165) is 31.6 Å². The average molecular weight is 233 g/mol. The van der Waals surface area contributed by atoms with Gasteiger partial charge in [0.1, 0.15) is 5.69 Å². The molecule has 0 atom stereocenters. The van der Waals surface area contributed by atoms with Crippen LogP contribution in [0.2, 0.25) is 0 Å². The van der Waals surface area contributed by atoms with Gasteiger partial charge in [-0.1, -0.05) is 0 Å². The van der Waals surface area contributed by atoms with E-state index in [0.29, 0.717) is 12.1 Å². The van der Waals surface area contributed by atoms with Crippen molar-refractivity contribution in [3.63, 3.8) is 0 Å². The SMILES string of the molecule is O=C(NC1CCNCC1)c1cccn1C1CC1. The molecule has 0 bridgehead atoms. The van der Waals surface area contributed by atoms with Gasteiger partial charge in [0.15, 0.2) is 0 Å². The Labute approximate surface area is 101 Å². The molecule has 1 aliphatic carbocycles. The Morgan fingerprint density at radius 1 is 1.29 bits per heavy atom. The molecular formula is C13H19N3O. The first-order chi connectivity index (χ1) is 8.34. The quantitative estimate of drug-likeness (QED) is 0.826. The number of piperidine rings is 1. The van der Waals surface area contributed by atoms with E-state index in [4.69, 9.17) is 0 Å². The van der Waals surface area contributed by atoms with Gasteiger partial charge in [0, 0.05) is 18.3 Å². The monoisotopic (exact) mass is 233 g/mol. The Morgan fingerprint density at radius 2 is 2.06 bits per heavy atom. The summed E-state index contributed by atoms with van der Waals surface area (Å²) in [6, 6.07) is 4.80. The predicted molar refractivity (Wildman–Crippen MR) is 66.1 cm³/mol. The highest BCUT2D eigenvalue weighted by Gasteiger charge is 2.27. The maximum Gasteiger partial charge on any atom is 0.268 e. The van der Waals surface area contributed by atoms with Crippen molar-refractivity contribution < 1.29 is 4.79 Å². The van der Waals surface area contributed by atoms with Crippen molar-refractivity contribution in [1.29, 1.82) is 0 Å². The smallest absolute Gasteiger partial charge is 0.268 e. The standard InChI is InChI=1S/C13H19N3O/c17-13(15-10-5-7-14-8-6-10)12-2-1-9-16(12)11-3-4-11/h1-2,9-11,14H,3-8H2,(H,15,17). The van der Waals surface area contributed by atoms with Gasteiger partial charge in [-0.05, 0) is 50.9 Å². The summed E-state index contributed by atoms with van der Waals surface area (Å²) in [6.45, 7) is 2.02. The van der Waals surface area contributed by atoms with Gasteiger partial charge < -0.3 is 15.2 Å². The number of nitrogens with zero attached hydrogens (tertiary/aromatic N) is 1. The summed E-state index contributed by atoms with van der Waals surface area (Å²) < 4.78 is 2.12. The van der Waals surface area contributed by atoms with Crippen molar-refractivity contribution in [2.45, 2.75) is 37.8 Å². The second-order valence-electron chi connectivity index (χ2n) is 5.03. The maximum atomic E-state index is 12.2. The molecule has 1 aromatic heterocycles. The molecule has 0 spiro atoms. The molecule has 3 rings (SSSR count). The highest BCUT2D eigenvalue weighted by molar-refractivity contribution is 5.93. The minimum absolute atomic E-state index is 0.0915. The minimum atomic E-state index is 0.0915. The molecule has 0 aromatic carbocycles. The number of carbonyl (C=O) groups is 1. The normalized spacial score (nSPS) is 21.4. The minimum Gasteiger partial charge on any atom is -0.348 e. The number of hydrogen-bond donors (Lipinski definition) is 2. The summed E-state index contributed by atoms with van der Waals surface area (Å²) in [6.07, 6.45) is 6.52. The van der Waals surface area contributed by atoms with Crippen molar-refractivity contribution in [3.05, 3.63) is 24.0 Å². The van der Waals surface area contributed by atoms with Crippen LogP contribution in [0.3, 0.4) is 0 Å². The largest absolute Gasteiger partial charge is 0.348 e. The highest BCUT2D eigenvalue weighted by Crippen LogP contribution is 2.35. The molecule has 1 amide bonds. The molecule has 1 saturated carbocycles. The maximum absolute atomic E-state index is 12.2. The lowest BCUT2D eigenvalue weighted by molar-refractivity contribution is 0.0920. The van der Waals surface area contributed by atoms with Crippen molar-refractivity contribution >= 4 is 5.91 Å². The Hall–Kier alpha value is -1.29. The van der Waals surface area contributed by atoms with E-state index in [1.165, 1.54) is 12.8 Å². The van der Waals surface area contributed by atoms with E-state index in [1.54, 1.807) is 0 Å². The van der Waals surface area contributed by atoms with Crippen LogP contribution in [0.15, 0.2) is 18.3 Å². The number of carbonyl (C=O) groups excluding carboxylic acids is 1. The molecule has 0 unspecified atom stereocenters. The van der Waals surface area contributed by atoms with Gasteiger partial charge in [-0.15, -0.1) is 0 Å². The third-order valence-corrected chi connectivity index (χ3v) is 3.63. The van der Waals surface area contributed by atoms with Crippen LogP contribution in [-0.4, -0.2) is 29.6 Å². The number of rotatable bonds is 3. The van der Waals surface area contributed by atoms with E-state index in [-0.39, 0.29) is 5.91 Å². The van der Waals surface area contributed by atoms with Crippen LogP contribution in [0.4, 0.5) is 0 Å². The summed E-state index contributed by atoms with van der Waals surface area (Å²) in [5, 5.41) is 6.45. The third-order valence-electron chi connectivity index (χ3n) is 3.63. The molecule has 2 N–H and O–H groups in total. The number of nitrogens with one attached hydrogen (secondary N) is 2. The molecule has 1 aliphatic heterocycles. The topological polar surface area (TPSA) is 46.1 Å². The first-order valence-electron chi connectivity index (χ1n) is 6.53. The number of amides is 1. The fraction of sp³-hybridized carbons (Fsp3) is 0.615. The first kappa shape index (κ1) is 10.8. The summed E-state index contributed by atoms with van der Waals surface area (Å²) in [5.74, 6) is 0.0915. The molecule has 2 heterocycles. The zero-order valence-electron chi connectivity index (χ0n) is 9.98. The van der Waals surface area contributed by atoms with Crippen LogP contribution in [0, 0.1) is 0 Å². The van der Waals surface area contributed by atoms with Crippen LogP contribution >= 0.6 is 0 Å². The van der Waals surface area contributed by atoms with Gasteiger partial charge >= 0.3 is 0 Å². The lowest BCUT2D eigenvalue weighted by Gasteiger charge is -2.23. The summed E-state index contributed by atoms with van der Waals surface area (Å²) >= 11 is 0. The van der Waals surface area contributed by atoms with E-state index >= 15 is 0 Å². The van der Waals surface area contributed by atoms with Gasteiger partial charge in [0.05, 0.1) is 0 Å². The average Bonchev–Trinajstić information content (AvgIpc) is 3.08. The van der Waals surface area contributed by atoms with E-state index in [9.17, 15) is 4.79 Å². The van der Waals surface area contributed by atoms with Crippen LogP contribution in [0.1, 0.15) is 42.2 Å². The fourth-order valence-corrected chi connectivity index (χ4v) is 2.48. The highest BCUT2D eigenvalue weighted by atomic mass is 16.2. The molecule has 2 aliphatic rings. The molecule has 4 heteroatoms. The van der Waals surface area contributed by atoms with Gasteiger partial charge in [-0.3, -0.25) is 4.79 Å². The van der Waals surface area contributed by atoms with Crippen molar-refractivity contribution in [2.75, 3.05) is 13.1 Å². The van der Waals surface area contributed by atoms with Gasteiger partial charge in [-0.25, -0.2) is 0 Å².